The van der Waals surface area contributed by atoms with Crippen LogP contribution in [-0.4, -0.2) is 58.2 Å². The van der Waals surface area contributed by atoms with Crippen molar-refractivity contribution in [3.63, 3.8) is 0 Å². The van der Waals surface area contributed by atoms with Gasteiger partial charge >= 0.3 is 5.69 Å². The molecule has 0 bridgehead atoms. The first kappa shape index (κ1) is 23.9. The number of unbranched alkanes of at least 4 members (excludes halogenated alkanes) is 1. The van der Waals surface area contributed by atoms with Gasteiger partial charge in [-0.25, -0.2) is 4.79 Å². The molecule has 0 radical (unpaired) electrons. The third kappa shape index (κ3) is 6.06. The highest BCUT2D eigenvalue weighted by atomic mass is 32.2. The quantitative estimate of drug-likeness (QED) is 0.396. The van der Waals surface area contributed by atoms with E-state index in [1.165, 1.54) is 39.7 Å². The Hall–Kier alpha value is -2.38. The number of anilines is 3. The molecular weight excluding hydrogens is 430 g/mol. The van der Waals surface area contributed by atoms with Crippen LogP contribution in [0.1, 0.15) is 26.7 Å². The number of carbonyl (C=O) groups is 1. The largest absolute Gasteiger partial charge is 0.383 e. The highest BCUT2D eigenvalue weighted by molar-refractivity contribution is 8.01. The topological polar surface area (TPSA) is 148 Å². The molecular formula is C17H27N7O4S2. The summed E-state index contributed by atoms with van der Waals surface area (Å²) in [6.45, 7) is 5.32. The molecule has 2 rings (SSSR count). The summed E-state index contributed by atoms with van der Waals surface area (Å²) in [4.78, 5) is 41.2. The summed E-state index contributed by atoms with van der Waals surface area (Å²) in [5, 5.41) is 11.8. The summed E-state index contributed by atoms with van der Waals surface area (Å²) in [6, 6.07) is 0. The SMILES string of the molecule is CCCCn1c(N)c(N(CCOC)C(=O)CSc2nnc(NCC)s2)c(=O)[nH]c1=O. The number of aromatic nitrogens is 4. The van der Waals surface area contributed by atoms with Crippen LogP contribution < -0.4 is 27.2 Å². The average molecular weight is 458 g/mol. The Kier molecular flexibility index (Phi) is 9.33. The highest BCUT2D eigenvalue weighted by Crippen LogP contribution is 2.26. The van der Waals surface area contributed by atoms with E-state index in [1.807, 2.05) is 13.8 Å². The molecule has 0 spiro atoms. The zero-order valence-electron chi connectivity index (χ0n) is 17.3. The number of amides is 1. The molecule has 13 heteroatoms. The number of methoxy groups -OCH3 is 1. The van der Waals surface area contributed by atoms with Crippen LogP contribution in [0, 0.1) is 0 Å². The number of nitrogens with one attached hydrogen (secondary N) is 2. The van der Waals surface area contributed by atoms with E-state index in [4.69, 9.17) is 10.5 Å². The molecule has 0 aliphatic heterocycles. The van der Waals surface area contributed by atoms with E-state index in [1.54, 1.807) is 0 Å². The Morgan fingerprint density at radius 1 is 1.37 bits per heavy atom. The molecule has 2 heterocycles. The lowest BCUT2D eigenvalue weighted by Gasteiger charge is -2.24. The van der Waals surface area contributed by atoms with Gasteiger partial charge in [0.25, 0.3) is 5.56 Å². The summed E-state index contributed by atoms with van der Waals surface area (Å²) in [5.41, 5.74) is 4.82. The Labute approximate surface area is 182 Å². The molecule has 166 valence electrons. The minimum atomic E-state index is -0.704. The predicted molar refractivity (Wildman–Crippen MR) is 120 cm³/mol. The Bertz CT molecular complexity index is 956. The number of nitrogens with two attached hydrogens (primary N) is 1. The second kappa shape index (κ2) is 11.7. The summed E-state index contributed by atoms with van der Waals surface area (Å²) in [6.07, 6.45) is 1.56. The molecule has 0 unspecified atom stereocenters. The van der Waals surface area contributed by atoms with Crippen molar-refractivity contribution >= 4 is 45.6 Å². The van der Waals surface area contributed by atoms with Crippen molar-refractivity contribution in [2.24, 2.45) is 0 Å². The van der Waals surface area contributed by atoms with Crippen LogP contribution in [0.2, 0.25) is 0 Å². The Morgan fingerprint density at radius 3 is 2.80 bits per heavy atom. The summed E-state index contributed by atoms with van der Waals surface area (Å²) < 4.78 is 7.00. The van der Waals surface area contributed by atoms with Crippen molar-refractivity contribution < 1.29 is 9.53 Å². The second-order valence-corrected chi connectivity index (χ2v) is 8.43. The van der Waals surface area contributed by atoms with Crippen molar-refractivity contribution in [1.82, 2.24) is 19.7 Å². The number of nitrogens with zero attached hydrogens (tertiary/aromatic N) is 4. The van der Waals surface area contributed by atoms with Gasteiger partial charge in [0.05, 0.1) is 12.4 Å². The average Bonchev–Trinajstić information content (AvgIpc) is 3.16. The lowest BCUT2D eigenvalue weighted by Crippen LogP contribution is -2.43. The first-order valence-electron chi connectivity index (χ1n) is 9.54. The third-order valence-corrected chi connectivity index (χ3v) is 6.09. The van der Waals surface area contributed by atoms with Gasteiger partial charge in [0.15, 0.2) is 10.0 Å². The normalized spacial score (nSPS) is 10.9. The lowest BCUT2D eigenvalue weighted by atomic mass is 10.3. The number of ether oxygens (including phenoxy) is 1. The van der Waals surface area contributed by atoms with Crippen molar-refractivity contribution in [2.75, 3.05) is 48.5 Å². The van der Waals surface area contributed by atoms with Crippen molar-refractivity contribution in [2.45, 2.75) is 37.6 Å². The number of rotatable bonds is 12. The van der Waals surface area contributed by atoms with Gasteiger partial charge in [0, 0.05) is 26.7 Å². The van der Waals surface area contributed by atoms with E-state index in [0.717, 1.165) is 13.0 Å². The molecule has 1 amide bonds. The Morgan fingerprint density at radius 2 is 2.13 bits per heavy atom. The summed E-state index contributed by atoms with van der Waals surface area (Å²) >= 11 is 2.56. The third-order valence-electron chi connectivity index (χ3n) is 4.09. The maximum Gasteiger partial charge on any atom is 0.330 e. The van der Waals surface area contributed by atoms with Crippen LogP contribution in [0.4, 0.5) is 16.6 Å². The van der Waals surface area contributed by atoms with E-state index >= 15 is 0 Å². The molecule has 2 aromatic rings. The molecule has 0 saturated carbocycles. The minimum Gasteiger partial charge on any atom is -0.383 e. The molecule has 0 fully saturated rings. The molecule has 30 heavy (non-hydrogen) atoms. The zero-order valence-corrected chi connectivity index (χ0v) is 18.9. The predicted octanol–water partition coefficient (Wildman–Crippen LogP) is 0.974. The van der Waals surface area contributed by atoms with E-state index in [-0.39, 0.29) is 36.3 Å². The molecule has 4 N–H and O–H groups in total. The second-order valence-electron chi connectivity index (χ2n) is 6.23. The number of hydrogen-bond donors (Lipinski definition) is 3. The molecule has 11 nitrogen and oxygen atoms in total. The lowest BCUT2D eigenvalue weighted by molar-refractivity contribution is -0.116. The maximum atomic E-state index is 13.0. The smallest absolute Gasteiger partial charge is 0.330 e. The number of thioether (sulfide) groups is 1. The number of hydrogen-bond acceptors (Lipinski definition) is 10. The van der Waals surface area contributed by atoms with Gasteiger partial charge in [-0.05, 0) is 13.3 Å². The van der Waals surface area contributed by atoms with Gasteiger partial charge in [0.1, 0.15) is 5.82 Å². The van der Waals surface area contributed by atoms with E-state index in [2.05, 4.69) is 20.5 Å². The summed E-state index contributed by atoms with van der Waals surface area (Å²) in [5.74, 6) is -0.357. The zero-order chi connectivity index (χ0) is 22.1. The van der Waals surface area contributed by atoms with Gasteiger partial charge in [-0.3, -0.25) is 19.1 Å². The maximum absolute atomic E-state index is 13.0. The van der Waals surface area contributed by atoms with Crippen LogP contribution in [0.5, 0.6) is 0 Å². The summed E-state index contributed by atoms with van der Waals surface area (Å²) in [7, 11) is 1.50. The fourth-order valence-electron chi connectivity index (χ4n) is 2.61. The van der Waals surface area contributed by atoms with Crippen molar-refractivity contribution in [3.05, 3.63) is 20.8 Å². The monoisotopic (exact) mass is 457 g/mol. The van der Waals surface area contributed by atoms with E-state index < -0.39 is 11.2 Å². The van der Waals surface area contributed by atoms with Gasteiger partial charge in [-0.1, -0.05) is 36.4 Å². The molecule has 0 aliphatic rings. The fraction of sp³-hybridized carbons (Fsp3) is 0.588. The van der Waals surface area contributed by atoms with Crippen LogP contribution in [-0.2, 0) is 16.1 Å². The van der Waals surface area contributed by atoms with Gasteiger partial charge < -0.3 is 20.7 Å². The van der Waals surface area contributed by atoms with Gasteiger partial charge in [-0.2, -0.15) is 0 Å². The van der Waals surface area contributed by atoms with Gasteiger partial charge in [-0.15, -0.1) is 10.2 Å². The highest BCUT2D eigenvalue weighted by Gasteiger charge is 2.24. The number of carbonyl (C=O) groups excluding carboxylic acids is 1. The molecule has 0 aliphatic carbocycles. The standard InChI is InChI=1S/C17H27N7O4S2/c1-4-6-7-24-13(18)12(14(26)20-16(24)27)23(8-9-28-3)11(25)10-29-17-22-21-15(30-17)19-5-2/h4-10,18H2,1-3H3,(H,19,21)(H,20,26,27). The van der Waals surface area contributed by atoms with Crippen LogP contribution >= 0.6 is 23.1 Å². The molecule has 0 saturated heterocycles. The van der Waals surface area contributed by atoms with Crippen LogP contribution in [0.25, 0.3) is 0 Å². The first-order chi connectivity index (χ1) is 14.4. The number of H-pyrrole nitrogens is 1. The molecule has 0 atom stereocenters. The molecule has 0 aromatic carbocycles. The van der Waals surface area contributed by atoms with Crippen LogP contribution in [0.15, 0.2) is 13.9 Å². The van der Waals surface area contributed by atoms with Crippen molar-refractivity contribution in [1.29, 1.82) is 0 Å². The van der Waals surface area contributed by atoms with E-state index in [9.17, 15) is 14.4 Å². The first-order valence-corrected chi connectivity index (χ1v) is 11.3. The number of aromatic amines is 1. The minimum absolute atomic E-state index is 0.0252. The Balaban J connectivity index is 2.28. The van der Waals surface area contributed by atoms with Crippen LogP contribution in [0.3, 0.4) is 0 Å². The van der Waals surface area contributed by atoms with Gasteiger partial charge in [0.2, 0.25) is 11.0 Å². The van der Waals surface area contributed by atoms with Crippen molar-refractivity contribution in [3.8, 4) is 0 Å². The molecule has 2 aromatic heterocycles. The fourth-order valence-corrected chi connectivity index (χ4v) is 4.31. The van der Waals surface area contributed by atoms with E-state index in [0.29, 0.717) is 22.4 Å². The number of nitrogen functional groups attached to an aromatic ring is 1.